The van der Waals surface area contributed by atoms with Gasteiger partial charge in [-0.2, -0.15) is 0 Å². The van der Waals surface area contributed by atoms with Crippen molar-refractivity contribution in [2.75, 3.05) is 13.1 Å². The van der Waals surface area contributed by atoms with Gasteiger partial charge in [-0.15, -0.1) is 11.3 Å². The minimum Gasteiger partial charge on any atom is -0.347 e. The van der Waals surface area contributed by atoms with Crippen LogP contribution >= 0.6 is 27.3 Å². The molecule has 1 aliphatic heterocycles. The van der Waals surface area contributed by atoms with Gasteiger partial charge in [-0.1, -0.05) is 0 Å². The van der Waals surface area contributed by atoms with Gasteiger partial charge in [0.1, 0.15) is 0 Å². The lowest BCUT2D eigenvalue weighted by atomic mass is 10.1. The third-order valence-corrected chi connectivity index (χ3v) is 4.05. The second-order valence-corrected chi connectivity index (χ2v) is 6.08. The first-order valence-electron chi connectivity index (χ1n) is 5.02. The van der Waals surface area contributed by atoms with Crippen molar-refractivity contribution in [2.45, 2.75) is 18.9 Å². The molecule has 0 bridgehead atoms. The van der Waals surface area contributed by atoms with Crippen molar-refractivity contribution < 1.29 is 4.79 Å². The number of rotatable bonds is 2. The smallest absolute Gasteiger partial charge is 0.261 e. The first kappa shape index (κ1) is 11.1. The monoisotopic (exact) mass is 288 g/mol. The normalized spacial score (nSPS) is 21.3. The Kier molecular flexibility index (Phi) is 3.77. The van der Waals surface area contributed by atoms with E-state index in [1.54, 1.807) is 0 Å². The van der Waals surface area contributed by atoms with E-state index in [9.17, 15) is 4.79 Å². The van der Waals surface area contributed by atoms with Crippen LogP contribution in [0.4, 0.5) is 0 Å². The van der Waals surface area contributed by atoms with E-state index in [4.69, 9.17) is 0 Å². The van der Waals surface area contributed by atoms with Crippen molar-refractivity contribution in [3.63, 3.8) is 0 Å². The lowest BCUT2D eigenvalue weighted by Crippen LogP contribution is -2.45. The van der Waals surface area contributed by atoms with E-state index in [1.165, 1.54) is 11.3 Å². The fourth-order valence-electron chi connectivity index (χ4n) is 1.67. The van der Waals surface area contributed by atoms with Gasteiger partial charge in [0.2, 0.25) is 0 Å². The molecule has 1 aliphatic rings. The molecule has 5 heteroatoms. The summed E-state index contributed by atoms with van der Waals surface area (Å²) in [7, 11) is 0. The van der Waals surface area contributed by atoms with Gasteiger partial charge < -0.3 is 10.6 Å². The van der Waals surface area contributed by atoms with Crippen LogP contribution in [0.25, 0.3) is 0 Å². The van der Waals surface area contributed by atoms with Gasteiger partial charge in [0.25, 0.3) is 5.91 Å². The molecule has 1 aromatic rings. The lowest BCUT2D eigenvalue weighted by molar-refractivity contribution is 0.0935. The van der Waals surface area contributed by atoms with Crippen molar-refractivity contribution in [1.82, 2.24) is 10.6 Å². The number of hydrogen-bond acceptors (Lipinski definition) is 3. The maximum Gasteiger partial charge on any atom is 0.261 e. The Labute approximate surface area is 101 Å². The van der Waals surface area contributed by atoms with Gasteiger partial charge in [0, 0.05) is 12.6 Å². The quantitative estimate of drug-likeness (QED) is 0.874. The average molecular weight is 289 g/mol. The molecular formula is C10H13BrN2OS. The molecule has 1 fully saturated rings. The fraction of sp³-hybridized carbons (Fsp3) is 0.500. The summed E-state index contributed by atoms with van der Waals surface area (Å²) in [5, 5.41) is 6.31. The summed E-state index contributed by atoms with van der Waals surface area (Å²) in [6, 6.07) is 4.03. The summed E-state index contributed by atoms with van der Waals surface area (Å²) in [6.45, 7) is 1.95. The second-order valence-electron chi connectivity index (χ2n) is 3.62. The molecule has 2 heterocycles. The molecule has 0 radical (unpaired) electrons. The van der Waals surface area contributed by atoms with Crippen LogP contribution in [-0.2, 0) is 0 Å². The molecule has 0 saturated carbocycles. The predicted octanol–water partition coefficient (Wildman–Crippen LogP) is 1.99. The Hall–Kier alpha value is -0.390. The molecule has 0 unspecified atom stereocenters. The Balaban J connectivity index is 1.91. The first-order chi connectivity index (χ1) is 7.25. The standard InChI is InChI=1S/C10H13BrN2OS/c11-9-4-3-8(15-9)10(14)13-7-2-1-5-12-6-7/h3-4,7,12H,1-2,5-6H2,(H,13,14)/t7-/m1/s1. The minimum atomic E-state index is 0.0411. The zero-order valence-corrected chi connectivity index (χ0v) is 10.7. The highest BCUT2D eigenvalue weighted by molar-refractivity contribution is 9.11. The SMILES string of the molecule is O=C(N[C@@H]1CCCNC1)c1ccc(Br)s1. The summed E-state index contributed by atoms with van der Waals surface area (Å²) < 4.78 is 0.995. The Morgan fingerprint density at radius 3 is 3.07 bits per heavy atom. The molecule has 2 N–H and O–H groups in total. The first-order valence-corrected chi connectivity index (χ1v) is 6.63. The minimum absolute atomic E-state index is 0.0411. The van der Waals surface area contributed by atoms with E-state index in [-0.39, 0.29) is 11.9 Å². The fourth-order valence-corrected chi connectivity index (χ4v) is 2.96. The number of thiophene rings is 1. The van der Waals surface area contributed by atoms with Crippen LogP contribution in [0.3, 0.4) is 0 Å². The highest BCUT2D eigenvalue weighted by Gasteiger charge is 2.16. The number of nitrogens with one attached hydrogen (secondary N) is 2. The number of carbonyl (C=O) groups excluding carboxylic acids is 1. The van der Waals surface area contributed by atoms with E-state index in [2.05, 4.69) is 26.6 Å². The van der Waals surface area contributed by atoms with Gasteiger partial charge in [-0.3, -0.25) is 4.79 Å². The lowest BCUT2D eigenvalue weighted by Gasteiger charge is -2.23. The zero-order valence-electron chi connectivity index (χ0n) is 8.25. The van der Waals surface area contributed by atoms with Gasteiger partial charge in [0.15, 0.2) is 0 Å². The molecule has 1 amide bonds. The van der Waals surface area contributed by atoms with Crippen LogP contribution in [0.15, 0.2) is 15.9 Å². The van der Waals surface area contributed by atoms with E-state index >= 15 is 0 Å². The summed E-state index contributed by atoms with van der Waals surface area (Å²) in [6.07, 6.45) is 2.21. The van der Waals surface area contributed by atoms with E-state index < -0.39 is 0 Å². The molecular weight excluding hydrogens is 276 g/mol. The largest absolute Gasteiger partial charge is 0.347 e. The highest BCUT2D eigenvalue weighted by atomic mass is 79.9. The van der Waals surface area contributed by atoms with Crippen LogP contribution in [0.2, 0.25) is 0 Å². The third kappa shape index (κ3) is 3.03. The number of amides is 1. The summed E-state index contributed by atoms with van der Waals surface area (Å²) >= 11 is 4.82. The highest BCUT2D eigenvalue weighted by Crippen LogP contribution is 2.22. The van der Waals surface area contributed by atoms with Gasteiger partial charge in [-0.05, 0) is 47.4 Å². The van der Waals surface area contributed by atoms with Crippen LogP contribution < -0.4 is 10.6 Å². The summed E-state index contributed by atoms with van der Waals surface area (Å²) in [5.74, 6) is 0.0411. The van der Waals surface area contributed by atoms with Gasteiger partial charge in [-0.25, -0.2) is 0 Å². The third-order valence-electron chi connectivity index (χ3n) is 2.43. The van der Waals surface area contributed by atoms with Crippen LogP contribution in [-0.4, -0.2) is 25.0 Å². The number of halogens is 1. The summed E-state index contributed by atoms with van der Waals surface area (Å²) in [5.41, 5.74) is 0. The number of piperidine rings is 1. The topological polar surface area (TPSA) is 41.1 Å². The van der Waals surface area contributed by atoms with E-state index in [0.29, 0.717) is 0 Å². The van der Waals surface area contributed by atoms with Gasteiger partial charge in [0.05, 0.1) is 8.66 Å². The molecule has 0 aliphatic carbocycles. The Bertz CT molecular complexity index is 347. The predicted molar refractivity (Wildman–Crippen MR) is 65.4 cm³/mol. The maximum atomic E-state index is 11.8. The molecule has 1 aromatic heterocycles. The van der Waals surface area contributed by atoms with Crippen molar-refractivity contribution in [3.05, 3.63) is 20.8 Å². The van der Waals surface area contributed by atoms with Crippen molar-refractivity contribution >= 4 is 33.2 Å². The van der Waals surface area contributed by atoms with Gasteiger partial charge >= 0.3 is 0 Å². The van der Waals surface area contributed by atoms with E-state index in [1.807, 2.05) is 12.1 Å². The van der Waals surface area contributed by atoms with E-state index in [0.717, 1.165) is 34.6 Å². The van der Waals surface area contributed by atoms with Crippen LogP contribution in [0, 0.1) is 0 Å². The molecule has 1 atom stereocenters. The molecule has 15 heavy (non-hydrogen) atoms. The molecule has 1 saturated heterocycles. The maximum absolute atomic E-state index is 11.8. The van der Waals surface area contributed by atoms with Crippen LogP contribution in [0.5, 0.6) is 0 Å². The van der Waals surface area contributed by atoms with Crippen LogP contribution in [0.1, 0.15) is 22.5 Å². The number of carbonyl (C=O) groups is 1. The van der Waals surface area contributed by atoms with Crippen molar-refractivity contribution in [3.8, 4) is 0 Å². The van der Waals surface area contributed by atoms with Crippen molar-refractivity contribution in [1.29, 1.82) is 0 Å². The number of hydrogen-bond donors (Lipinski definition) is 2. The molecule has 2 rings (SSSR count). The zero-order chi connectivity index (χ0) is 10.7. The average Bonchev–Trinajstić information content (AvgIpc) is 2.66. The molecule has 82 valence electrons. The molecule has 0 aromatic carbocycles. The molecule has 3 nitrogen and oxygen atoms in total. The summed E-state index contributed by atoms with van der Waals surface area (Å²) in [4.78, 5) is 12.5. The molecule has 0 spiro atoms. The Morgan fingerprint density at radius 2 is 2.47 bits per heavy atom. The van der Waals surface area contributed by atoms with Crippen molar-refractivity contribution in [2.24, 2.45) is 0 Å². The second kappa shape index (κ2) is 5.09. The Morgan fingerprint density at radius 1 is 1.60 bits per heavy atom.